The van der Waals surface area contributed by atoms with Gasteiger partial charge in [-0.05, 0) is 12.1 Å². The molecule has 1 N–H and O–H groups in total. The first-order valence-electron chi connectivity index (χ1n) is 6.68. The summed E-state index contributed by atoms with van der Waals surface area (Å²) in [5, 5.41) is 10.2. The predicted octanol–water partition coefficient (Wildman–Crippen LogP) is 1.74. The number of carbonyl (C=O) groups is 1. The van der Waals surface area contributed by atoms with E-state index in [1.165, 1.54) is 11.3 Å². The van der Waals surface area contributed by atoms with Crippen molar-refractivity contribution >= 4 is 17.3 Å². The van der Waals surface area contributed by atoms with Gasteiger partial charge in [0.05, 0.1) is 25.5 Å². The van der Waals surface area contributed by atoms with Gasteiger partial charge in [-0.15, -0.1) is 11.3 Å². The number of aromatic nitrogens is 2. The summed E-state index contributed by atoms with van der Waals surface area (Å²) in [6, 6.07) is 5.40. The monoisotopic (exact) mass is 305 g/mol. The zero-order valence-corrected chi connectivity index (χ0v) is 12.2. The molecule has 0 saturated carbocycles. The summed E-state index contributed by atoms with van der Waals surface area (Å²) in [6.45, 7) is 3.78. The average molecular weight is 305 g/mol. The molecule has 110 valence electrons. The van der Waals surface area contributed by atoms with Crippen LogP contribution in [-0.4, -0.2) is 52.2 Å². The molecular weight excluding hydrogens is 290 g/mol. The Kier molecular flexibility index (Phi) is 4.23. The van der Waals surface area contributed by atoms with Crippen LogP contribution in [0.25, 0.3) is 11.4 Å². The number of hydrogen-bond donors (Lipinski definition) is 1. The summed E-state index contributed by atoms with van der Waals surface area (Å²) in [5.41, 5.74) is 1.05. The molecule has 0 bridgehead atoms. The number of nitrogens with zero attached hydrogens (tertiary/aromatic N) is 3. The minimum absolute atomic E-state index is 0.247. The molecule has 0 aromatic carbocycles. The van der Waals surface area contributed by atoms with Gasteiger partial charge in [0.2, 0.25) is 0 Å². The molecule has 0 aliphatic carbocycles. The normalized spacial score (nSPS) is 16.0. The highest BCUT2D eigenvalue weighted by Crippen LogP contribution is 2.27. The van der Waals surface area contributed by atoms with Gasteiger partial charge >= 0.3 is 5.97 Å². The Labute approximate surface area is 126 Å². The molecule has 0 radical (unpaired) electrons. The summed E-state index contributed by atoms with van der Waals surface area (Å²) < 4.78 is 5.31. The number of pyridine rings is 1. The van der Waals surface area contributed by atoms with E-state index in [1.54, 1.807) is 18.3 Å². The van der Waals surface area contributed by atoms with Crippen molar-refractivity contribution in [2.75, 3.05) is 26.3 Å². The number of thiazole rings is 1. The van der Waals surface area contributed by atoms with Crippen LogP contribution in [0.15, 0.2) is 24.4 Å². The van der Waals surface area contributed by atoms with Crippen molar-refractivity contribution in [3.05, 3.63) is 34.3 Å². The van der Waals surface area contributed by atoms with Crippen LogP contribution in [0.3, 0.4) is 0 Å². The number of aromatic carboxylic acids is 1. The first kappa shape index (κ1) is 14.1. The molecule has 1 aliphatic heterocycles. The van der Waals surface area contributed by atoms with E-state index in [4.69, 9.17) is 4.74 Å². The fraction of sp³-hybridized carbons (Fsp3) is 0.357. The van der Waals surface area contributed by atoms with Crippen LogP contribution in [0, 0.1) is 0 Å². The van der Waals surface area contributed by atoms with E-state index in [1.807, 2.05) is 6.07 Å². The third kappa shape index (κ3) is 3.26. The van der Waals surface area contributed by atoms with Crippen LogP contribution >= 0.6 is 11.3 Å². The van der Waals surface area contributed by atoms with Crippen LogP contribution in [0.5, 0.6) is 0 Å². The number of ether oxygens (including phenoxy) is 1. The predicted molar refractivity (Wildman–Crippen MR) is 78.4 cm³/mol. The van der Waals surface area contributed by atoms with Crippen molar-refractivity contribution < 1.29 is 14.6 Å². The lowest BCUT2D eigenvalue weighted by Crippen LogP contribution is -2.35. The molecule has 6 nitrogen and oxygen atoms in total. The molecule has 1 aliphatic rings. The van der Waals surface area contributed by atoms with E-state index in [9.17, 15) is 9.90 Å². The topological polar surface area (TPSA) is 75.5 Å². The molecule has 2 aromatic heterocycles. The Hall–Kier alpha value is -1.83. The number of rotatable bonds is 4. The molecule has 1 saturated heterocycles. The molecule has 3 heterocycles. The van der Waals surface area contributed by atoms with E-state index in [0.29, 0.717) is 31.1 Å². The Balaban J connectivity index is 1.87. The number of carboxylic acids is 1. The summed E-state index contributed by atoms with van der Waals surface area (Å²) in [4.78, 5) is 22.6. The Morgan fingerprint density at radius 2 is 2.19 bits per heavy atom. The number of carboxylic acid groups (broad SMARTS) is 1. The highest BCUT2D eigenvalue weighted by molar-refractivity contribution is 7.14. The zero-order chi connectivity index (χ0) is 14.7. The molecule has 7 heteroatoms. The van der Waals surface area contributed by atoms with Gasteiger partial charge in [0.25, 0.3) is 0 Å². The first-order chi connectivity index (χ1) is 10.2. The van der Waals surface area contributed by atoms with E-state index < -0.39 is 5.97 Å². The maximum absolute atomic E-state index is 11.4. The molecule has 3 rings (SSSR count). The van der Waals surface area contributed by atoms with Crippen molar-refractivity contribution in [2.45, 2.75) is 6.54 Å². The third-order valence-electron chi connectivity index (χ3n) is 3.24. The molecule has 0 amide bonds. The van der Waals surface area contributed by atoms with Crippen molar-refractivity contribution in [2.24, 2.45) is 0 Å². The van der Waals surface area contributed by atoms with Crippen LogP contribution in [0.4, 0.5) is 0 Å². The van der Waals surface area contributed by atoms with Crippen LogP contribution in [0.2, 0.25) is 0 Å². The van der Waals surface area contributed by atoms with Gasteiger partial charge in [0.15, 0.2) is 0 Å². The fourth-order valence-corrected chi connectivity index (χ4v) is 3.16. The average Bonchev–Trinajstić information content (AvgIpc) is 2.93. The molecule has 21 heavy (non-hydrogen) atoms. The maximum Gasteiger partial charge on any atom is 0.348 e. The number of hydrogen-bond acceptors (Lipinski definition) is 6. The summed E-state index contributed by atoms with van der Waals surface area (Å²) in [6.07, 6.45) is 1.64. The Morgan fingerprint density at radius 1 is 1.38 bits per heavy atom. The Morgan fingerprint density at radius 3 is 2.86 bits per heavy atom. The molecule has 1 fully saturated rings. The molecule has 0 unspecified atom stereocenters. The van der Waals surface area contributed by atoms with Crippen molar-refractivity contribution in [1.29, 1.82) is 0 Å². The van der Waals surface area contributed by atoms with Crippen molar-refractivity contribution in [3.8, 4) is 11.4 Å². The van der Waals surface area contributed by atoms with Gasteiger partial charge < -0.3 is 9.84 Å². The van der Waals surface area contributed by atoms with Crippen LogP contribution < -0.4 is 0 Å². The first-order valence-corrected chi connectivity index (χ1v) is 7.50. The Bertz CT molecular complexity index is 624. The fourth-order valence-electron chi connectivity index (χ4n) is 2.20. The van der Waals surface area contributed by atoms with Gasteiger partial charge in [-0.2, -0.15) is 0 Å². The smallest absolute Gasteiger partial charge is 0.348 e. The molecule has 0 spiro atoms. The van der Waals surface area contributed by atoms with E-state index in [2.05, 4.69) is 14.9 Å². The summed E-state index contributed by atoms with van der Waals surface area (Å²) in [5.74, 6) is -0.957. The minimum atomic E-state index is -0.957. The standard InChI is InChI=1S/C14H15N3O3S/c18-14(19)13-12(10-3-1-2-4-15-10)16-11(21-13)9-17-5-7-20-8-6-17/h1-4H,5-9H2,(H,18,19). The second-order valence-electron chi connectivity index (χ2n) is 4.69. The van der Waals surface area contributed by atoms with E-state index in [-0.39, 0.29) is 4.88 Å². The van der Waals surface area contributed by atoms with Gasteiger partial charge in [0.1, 0.15) is 15.6 Å². The highest BCUT2D eigenvalue weighted by Gasteiger charge is 2.21. The quantitative estimate of drug-likeness (QED) is 0.927. The van der Waals surface area contributed by atoms with Crippen molar-refractivity contribution in [1.82, 2.24) is 14.9 Å². The molecule has 2 aromatic rings. The maximum atomic E-state index is 11.4. The van der Waals surface area contributed by atoms with Gasteiger partial charge in [-0.1, -0.05) is 6.07 Å². The lowest BCUT2D eigenvalue weighted by atomic mass is 10.2. The van der Waals surface area contributed by atoms with Gasteiger partial charge in [-0.25, -0.2) is 9.78 Å². The molecule has 0 atom stereocenters. The largest absolute Gasteiger partial charge is 0.477 e. The van der Waals surface area contributed by atoms with Crippen LogP contribution in [-0.2, 0) is 11.3 Å². The van der Waals surface area contributed by atoms with Crippen molar-refractivity contribution in [3.63, 3.8) is 0 Å². The molecular formula is C14H15N3O3S. The second-order valence-corrected chi connectivity index (χ2v) is 5.78. The minimum Gasteiger partial charge on any atom is -0.477 e. The SMILES string of the molecule is O=C(O)c1sc(CN2CCOCC2)nc1-c1ccccn1. The zero-order valence-electron chi connectivity index (χ0n) is 11.4. The second kappa shape index (κ2) is 6.30. The van der Waals surface area contributed by atoms with E-state index in [0.717, 1.165) is 18.1 Å². The summed E-state index contributed by atoms with van der Waals surface area (Å²) in [7, 11) is 0. The lowest BCUT2D eigenvalue weighted by Gasteiger charge is -2.25. The highest BCUT2D eigenvalue weighted by atomic mass is 32.1. The third-order valence-corrected chi connectivity index (χ3v) is 4.26. The lowest BCUT2D eigenvalue weighted by molar-refractivity contribution is 0.0341. The summed E-state index contributed by atoms with van der Waals surface area (Å²) >= 11 is 1.22. The van der Waals surface area contributed by atoms with Crippen LogP contribution in [0.1, 0.15) is 14.7 Å². The van der Waals surface area contributed by atoms with E-state index >= 15 is 0 Å². The van der Waals surface area contributed by atoms with Gasteiger partial charge in [0, 0.05) is 19.3 Å². The number of morpholine rings is 1. The van der Waals surface area contributed by atoms with Gasteiger partial charge in [-0.3, -0.25) is 9.88 Å².